The molecule has 9 heteroatoms. The predicted molar refractivity (Wildman–Crippen MR) is 55.9 cm³/mol. The molecule has 0 unspecified atom stereocenters. The average Bonchev–Trinajstić information content (AvgIpc) is 2.79. The summed E-state index contributed by atoms with van der Waals surface area (Å²) in [5.41, 5.74) is 4.24. The Morgan fingerprint density at radius 3 is 2.83 bits per heavy atom. The van der Waals surface area contributed by atoms with Gasteiger partial charge in [-0.1, -0.05) is 5.16 Å². The first-order chi connectivity index (χ1) is 8.52. The van der Waals surface area contributed by atoms with Crippen LogP contribution in [0.5, 0.6) is 5.75 Å². The van der Waals surface area contributed by atoms with Crippen LogP contribution in [-0.2, 0) is 6.54 Å². The molecule has 1 heterocycles. The van der Waals surface area contributed by atoms with Crippen LogP contribution < -0.4 is 5.73 Å². The summed E-state index contributed by atoms with van der Waals surface area (Å²) < 4.78 is 17.9. The Balaban J connectivity index is 2.60. The number of benzene rings is 1. The fourth-order valence-corrected chi connectivity index (χ4v) is 1.34. The summed E-state index contributed by atoms with van der Waals surface area (Å²) in [6, 6.07) is 1.47. The Bertz CT molecular complexity index is 613. The Kier molecular flexibility index (Phi) is 2.90. The molecule has 18 heavy (non-hydrogen) atoms. The Labute approximate surface area is 99.0 Å². The summed E-state index contributed by atoms with van der Waals surface area (Å²) in [4.78, 5) is 13.5. The van der Waals surface area contributed by atoms with Gasteiger partial charge in [0.2, 0.25) is 17.5 Å². The van der Waals surface area contributed by atoms with Crippen LogP contribution in [0, 0.1) is 15.9 Å². The number of rotatable bonds is 3. The third-order valence-corrected chi connectivity index (χ3v) is 2.13. The van der Waals surface area contributed by atoms with Crippen LogP contribution in [0.15, 0.2) is 16.7 Å². The lowest BCUT2D eigenvalue weighted by Gasteiger charge is -2.01. The number of phenols is 1. The van der Waals surface area contributed by atoms with Crippen LogP contribution in [-0.4, -0.2) is 20.2 Å². The Morgan fingerprint density at radius 2 is 2.28 bits per heavy atom. The summed E-state index contributed by atoms with van der Waals surface area (Å²) in [5.74, 6) is -1.73. The van der Waals surface area contributed by atoms with Crippen molar-refractivity contribution >= 4 is 5.69 Å². The van der Waals surface area contributed by atoms with Gasteiger partial charge in [0.25, 0.3) is 0 Å². The fraction of sp³-hybridized carbons (Fsp3) is 0.111. The summed E-state index contributed by atoms with van der Waals surface area (Å²) >= 11 is 0. The molecule has 0 amide bonds. The second kappa shape index (κ2) is 4.37. The fourth-order valence-electron chi connectivity index (χ4n) is 1.34. The Hall–Kier alpha value is -2.55. The van der Waals surface area contributed by atoms with E-state index in [1.165, 1.54) is 0 Å². The third kappa shape index (κ3) is 1.98. The van der Waals surface area contributed by atoms with Gasteiger partial charge in [0.15, 0.2) is 0 Å². The van der Waals surface area contributed by atoms with E-state index >= 15 is 0 Å². The number of nitrogens with two attached hydrogens (primary N) is 1. The summed E-state index contributed by atoms with van der Waals surface area (Å²) in [5, 5.41) is 23.7. The number of phenolic OH excluding ortho intramolecular Hbond substituents is 1. The van der Waals surface area contributed by atoms with E-state index in [0.29, 0.717) is 6.07 Å². The maximum atomic E-state index is 13.2. The van der Waals surface area contributed by atoms with Crippen LogP contribution in [0.4, 0.5) is 10.1 Å². The van der Waals surface area contributed by atoms with Crippen molar-refractivity contribution in [2.24, 2.45) is 5.73 Å². The normalized spacial score (nSPS) is 10.6. The minimum Gasteiger partial charge on any atom is -0.502 e. The van der Waals surface area contributed by atoms with Crippen molar-refractivity contribution in [1.29, 1.82) is 0 Å². The van der Waals surface area contributed by atoms with Gasteiger partial charge >= 0.3 is 5.69 Å². The van der Waals surface area contributed by atoms with Crippen molar-refractivity contribution < 1.29 is 18.9 Å². The van der Waals surface area contributed by atoms with Crippen LogP contribution in [0.3, 0.4) is 0 Å². The topological polar surface area (TPSA) is 128 Å². The maximum Gasteiger partial charge on any atom is 0.314 e. The van der Waals surface area contributed by atoms with Crippen LogP contribution >= 0.6 is 0 Å². The van der Waals surface area contributed by atoms with E-state index in [1.807, 2.05) is 0 Å². The quantitative estimate of drug-likeness (QED) is 0.616. The molecule has 0 bridgehead atoms. The standard InChI is InChI=1S/C9H7FN4O4/c10-4-1-5(8(15)6(2-4)14(16)17)9-12-7(3-11)18-13-9/h1-2,15H,3,11H2. The highest BCUT2D eigenvalue weighted by Crippen LogP contribution is 2.36. The summed E-state index contributed by atoms with van der Waals surface area (Å²) in [6.07, 6.45) is 0. The number of nitro groups is 1. The van der Waals surface area contributed by atoms with E-state index in [0.717, 1.165) is 6.07 Å². The zero-order chi connectivity index (χ0) is 13.3. The highest BCUT2D eigenvalue weighted by atomic mass is 19.1. The minimum atomic E-state index is -0.911. The molecule has 0 saturated heterocycles. The van der Waals surface area contributed by atoms with Crippen molar-refractivity contribution in [3.8, 4) is 17.1 Å². The van der Waals surface area contributed by atoms with Gasteiger partial charge in [-0.05, 0) is 6.07 Å². The molecule has 8 nitrogen and oxygen atoms in total. The maximum absolute atomic E-state index is 13.2. The van der Waals surface area contributed by atoms with Gasteiger partial charge in [0.1, 0.15) is 5.82 Å². The van der Waals surface area contributed by atoms with E-state index in [9.17, 15) is 19.6 Å². The van der Waals surface area contributed by atoms with Crippen molar-refractivity contribution in [1.82, 2.24) is 10.1 Å². The molecule has 0 aliphatic carbocycles. The number of hydrogen-bond donors (Lipinski definition) is 2. The highest BCUT2D eigenvalue weighted by Gasteiger charge is 2.23. The van der Waals surface area contributed by atoms with Crippen molar-refractivity contribution in [2.75, 3.05) is 0 Å². The zero-order valence-corrected chi connectivity index (χ0v) is 8.83. The minimum absolute atomic E-state index is 0.0365. The molecule has 0 fully saturated rings. The van der Waals surface area contributed by atoms with Crippen molar-refractivity contribution in [2.45, 2.75) is 6.54 Å². The molecule has 2 rings (SSSR count). The molecule has 0 aliphatic rings. The monoisotopic (exact) mass is 254 g/mol. The van der Waals surface area contributed by atoms with Gasteiger partial charge in [-0.2, -0.15) is 4.98 Å². The lowest BCUT2D eigenvalue weighted by atomic mass is 10.1. The first-order valence-corrected chi connectivity index (χ1v) is 4.73. The second-order valence-corrected chi connectivity index (χ2v) is 3.29. The van der Waals surface area contributed by atoms with Gasteiger partial charge in [-0.3, -0.25) is 10.1 Å². The van der Waals surface area contributed by atoms with Gasteiger partial charge in [-0.15, -0.1) is 0 Å². The smallest absolute Gasteiger partial charge is 0.314 e. The van der Waals surface area contributed by atoms with Gasteiger partial charge < -0.3 is 15.4 Å². The number of aromatic hydroxyl groups is 1. The highest BCUT2D eigenvalue weighted by molar-refractivity contribution is 5.70. The van der Waals surface area contributed by atoms with E-state index in [4.69, 9.17) is 5.73 Å². The molecule has 0 radical (unpaired) electrons. The first kappa shape index (κ1) is 11.9. The molecule has 1 aromatic heterocycles. The lowest BCUT2D eigenvalue weighted by molar-refractivity contribution is -0.386. The van der Waals surface area contributed by atoms with Crippen molar-refractivity contribution in [3.05, 3.63) is 34.0 Å². The van der Waals surface area contributed by atoms with E-state index < -0.39 is 22.2 Å². The lowest BCUT2D eigenvalue weighted by Crippen LogP contribution is -1.96. The summed E-state index contributed by atoms with van der Waals surface area (Å²) in [7, 11) is 0. The molecule has 94 valence electrons. The average molecular weight is 254 g/mol. The van der Waals surface area contributed by atoms with Crippen LogP contribution in [0.2, 0.25) is 0 Å². The van der Waals surface area contributed by atoms with Gasteiger partial charge in [0.05, 0.1) is 23.1 Å². The number of nitro benzene ring substituents is 1. The van der Waals surface area contributed by atoms with Gasteiger partial charge in [-0.25, -0.2) is 4.39 Å². The SMILES string of the molecule is NCc1nc(-c2cc(F)cc([N+](=O)[O-])c2O)no1. The third-order valence-electron chi connectivity index (χ3n) is 2.13. The van der Waals surface area contributed by atoms with E-state index in [-0.39, 0.29) is 23.8 Å². The molecule has 0 spiro atoms. The van der Waals surface area contributed by atoms with Crippen LogP contribution in [0.25, 0.3) is 11.4 Å². The molecular weight excluding hydrogens is 247 g/mol. The number of nitrogens with zero attached hydrogens (tertiary/aromatic N) is 3. The molecule has 0 saturated carbocycles. The molecule has 0 aliphatic heterocycles. The second-order valence-electron chi connectivity index (χ2n) is 3.29. The van der Waals surface area contributed by atoms with Gasteiger partial charge in [0, 0.05) is 0 Å². The molecular formula is C9H7FN4O4. The Morgan fingerprint density at radius 1 is 1.56 bits per heavy atom. The zero-order valence-electron chi connectivity index (χ0n) is 8.83. The molecule has 2 aromatic rings. The molecule has 3 N–H and O–H groups in total. The van der Waals surface area contributed by atoms with Crippen LogP contribution in [0.1, 0.15) is 5.89 Å². The molecule has 1 aromatic carbocycles. The number of hydrogen-bond acceptors (Lipinski definition) is 7. The predicted octanol–water partition coefficient (Wildman–Crippen LogP) is 0.948. The molecule has 0 atom stereocenters. The largest absolute Gasteiger partial charge is 0.502 e. The van der Waals surface area contributed by atoms with E-state index in [1.54, 1.807) is 0 Å². The summed E-state index contributed by atoms with van der Waals surface area (Å²) in [6.45, 7) is -0.0365. The number of halogens is 1. The van der Waals surface area contributed by atoms with Crippen molar-refractivity contribution in [3.63, 3.8) is 0 Å². The number of aromatic nitrogens is 2. The van der Waals surface area contributed by atoms with E-state index in [2.05, 4.69) is 14.7 Å². The first-order valence-electron chi connectivity index (χ1n) is 4.73.